The molecule has 0 bridgehead atoms. The fourth-order valence-electron chi connectivity index (χ4n) is 3.05. The van der Waals surface area contributed by atoms with Gasteiger partial charge in [-0.3, -0.25) is 0 Å². The fourth-order valence-corrected chi connectivity index (χ4v) is 4.50. The third-order valence-corrected chi connectivity index (χ3v) is 6.26. The van der Waals surface area contributed by atoms with Crippen molar-refractivity contribution in [2.45, 2.75) is 97.6 Å². The summed E-state index contributed by atoms with van der Waals surface area (Å²) >= 11 is 0. The second kappa shape index (κ2) is 13.4. The number of aryl methyl sites for hydroxylation is 1. The maximum atomic E-state index is 6.15. The van der Waals surface area contributed by atoms with E-state index in [9.17, 15) is 0 Å². The number of hydrogen-bond donors (Lipinski definition) is 0. The molecule has 0 radical (unpaired) electrons. The van der Waals surface area contributed by atoms with Crippen LogP contribution in [0.3, 0.4) is 0 Å². The molecule has 0 aliphatic carbocycles. The summed E-state index contributed by atoms with van der Waals surface area (Å²) in [4.78, 5) is 0. The van der Waals surface area contributed by atoms with Gasteiger partial charge in [0.25, 0.3) is 0 Å². The van der Waals surface area contributed by atoms with Crippen LogP contribution in [0, 0.1) is 6.92 Å². The Balaban J connectivity index is 1.99. The molecule has 0 saturated heterocycles. The van der Waals surface area contributed by atoms with E-state index in [1.807, 2.05) is 18.2 Å². The SMILES string of the molecule is CCCCCCCCCCCCCO[Si](C)(C)Oc1ccccc1C. The Morgan fingerprint density at radius 3 is 1.84 bits per heavy atom. The van der Waals surface area contributed by atoms with Crippen LogP contribution in [0.15, 0.2) is 24.3 Å². The van der Waals surface area contributed by atoms with Crippen molar-refractivity contribution in [3.05, 3.63) is 29.8 Å². The number of hydrogen-bond acceptors (Lipinski definition) is 2. The van der Waals surface area contributed by atoms with E-state index in [1.165, 1.54) is 69.8 Å². The largest absolute Gasteiger partial charge is 0.520 e. The summed E-state index contributed by atoms with van der Waals surface area (Å²) in [6, 6.07) is 8.19. The minimum Gasteiger partial charge on any atom is -0.520 e. The van der Waals surface area contributed by atoms with E-state index in [0.29, 0.717) is 0 Å². The van der Waals surface area contributed by atoms with Gasteiger partial charge in [0.05, 0.1) is 0 Å². The summed E-state index contributed by atoms with van der Waals surface area (Å²) in [6.07, 6.45) is 15.0. The fraction of sp³-hybridized carbons (Fsp3) is 0.727. The highest BCUT2D eigenvalue weighted by atomic mass is 28.4. The number of para-hydroxylation sites is 1. The molecule has 1 aromatic carbocycles. The molecular formula is C22H40O2Si. The van der Waals surface area contributed by atoms with Crippen LogP contribution in [0.4, 0.5) is 0 Å². The first kappa shape index (κ1) is 22.2. The summed E-state index contributed by atoms with van der Waals surface area (Å²) < 4.78 is 12.2. The minimum atomic E-state index is -2.07. The topological polar surface area (TPSA) is 18.5 Å². The third-order valence-electron chi connectivity index (χ3n) is 4.65. The highest BCUT2D eigenvalue weighted by Crippen LogP contribution is 2.21. The number of rotatable bonds is 15. The Kier molecular flexibility index (Phi) is 11.9. The zero-order valence-corrected chi connectivity index (χ0v) is 18.1. The van der Waals surface area contributed by atoms with Gasteiger partial charge in [-0.2, -0.15) is 0 Å². The smallest absolute Gasteiger partial charge is 0.392 e. The van der Waals surface area contributed by atoms with Crippen LogP contribution in [0.25, 0.3) is 0 Å². The normalized spacial score (nSPS) is 11.7. The average Bonchev–Trinajstić information content (AvgIpc) is 2.58. The summed E-state index contributed by atoms with van der Waals surface area (Å²) in [7, 11) is -2.07. The van der Waals surface area contributed by atoms with E-state index < -0.39 is 8.56 Å². The van der Waals surface area contributed by atoms with Crippen LogP contribution in [0.1, 0.15) is 83.1 Å². The highest BCUT2D eigenvalue weighted by molar-refractivity contribution is 6.65. The molecule has 0 saturated carbocycles. The molecule has 0 aliphatic heterocycles. The summed E-state index contributed by atoms with van der Waals surface area (Å²) in [5, 5.41) is 0. The van der Waals surface area contributed by atoms with Crippen molar-refractivity contribution in [2.75, 3.05) is 6.61 Å². The molecule has 0 atom stereocenters. The Morgan fingerprint density at radius 2 is 1.28 bits per heavy atom. The molecule has 0 fully saturated rings. The van der Waals surface area contributed by atoms with E-state index in [2.05, 4.69) is 33.0 Å². The first-order chi connectivity index (χ1) is 12.0. The first-order valence-electron chi connectivity index (χ1n) is 10.4. The van der Waals surface area contributed by atoms with Gasteiger partial charge >= 0.3 is 8.56 Å². The molecule has 0 amide bonds. The van der Waals surface area contributed by atoms with Crippen molar-refractivity contribution in [1.82, 2.24) is 0 Å². The highest BCUT2D eigenvalue weighted by Gasteiger charge is 2.26. The molecule has 0 spiro atoms. The monoisotopic (exact) mass is 364 g/mol. The molecule has 0 heterocycles. The van der Waals surface area contributed by atoms with E-state index in [4.69, 9.17) is 8.85 Å². The van der Waals surface area contributed by atoms with Gasteiger partial charge in [0, 0.05) is 6.61 Å². The van der Waals surface area contributed by atoms with Crippen LogP contribution in [0.2, 0.25) is 13.1 Å². The first-order valence-corrected chi connectivity index (χ1v) is 13.3. The molecule has 0 aromatic heterocycles. The Morgan fingerprint density at radius 1 is 0.760 bits per heavy atom. The molecule has 2 nitrogen and oxygen atoms in total. The molecule has 1 rings (SSSR count). The van der Waals surface area contributed by atoms with E-state index in [-0.39, 0.29) is 0 Å². The van der Waals surface area contributed by atoms with Crippen molar-refractivity contribution in [3.63, 3.8) is 0 Å². The molecule has 0 unspecified atom stereocenters. The molecule has 3 heteroatoms. The van der Waals surface area contributed by atoms with Crippen molar-refractivity contribution < 1.29 is 8.85 Å². The third kappa shape index (κ3) is 11.4. The van der Waals surface area contributed by atoms with Crippen molar-refractivity contribution >= 4 is 8.56 Å². The van der Waals surface area contributed by atoms with Crippen molar-refractivity contribution in [1.29, 1.82) is 0 Å². The predicted octanol–water partition coefficient (Wildman–Crippen LogP) is 7.40. The maximum Gasteiger partial charge on any atom is 0.392 e. The van der Waals surface area contributed by atoms with E-state index in [1.54, 1.807) is 0 Å². The standard InChI is InChI=1S/C22H40O2Si/c1-5-6-7-8-9-10-11-12-13-14-17-20-23-25(3,4)24-22-19-16-15-18-21(22)2/h15-16,18-19H,5-14,17,20H2,1-4H3. The molecule has 25 heavy (non-hydrogen) atoms. The van der Waals surface area contributed by atoms with Gasteiger partial charge in [-0.05, 0) is 38.1 Å². The van der Waals surface area contributed by atoms with Crippen LogP contribution >= 0.6 is 0 Å². The Hall–Kier alpha value is -0.803. The van der Waals surface area contributed by atoms with Gasteiger partial charge in [0.2, 0.25) is 0 Å². The lowest BCUT2D eigenvalue weighted by Gasteiger charge is -2.24. The molecule has 0 aliphatic rings. The average molecular weight is 365 g/mol. The second-order valence-electron chi connectivity index (χ2n) is 7.65. The predicted molar refractivity (Wildman–Crippen MR) is 112 cm³/mol. The zero-order chi connectivity index (χ0) is 18.4. The van der Waals surface area contributed by atoms with E-state index >= 15 is 0 Å². The summed E-state index contributed by atoms with van der Waals surface area (Å²) in [5.41, 5.74) is 1.18. The maximum absolute atomic E-state index is 6.15. The molecular weight excluding hydrogens is 324 g/mol. The van der Waals surface area contributed by atoms with Crippen LogP contribution in [-0.2, 0) is 4.43 Å². The van der Waals surface area contributed by atoms with Gasteiger partial charge in [-0.1, -0.05) is 89.3 Å². The minimum absolute atomic E-state index is 0.835. The van der Waals surface area contributed by atoms with E-state index in [0.717, 1.165) is 18.8 Å². The number of benzene rings is 1. The Bertz CT molecular complexity index is 445. The van der Waals surface area contributed by atoms with Gasteiger partial charge in [0.1, 0.15) is 5.75 Å². The molecule has 0 N–H and O–H groups in total. The van der Waals surface area contributed by atoms with Gasteiger partial charge < -0.3 is 8.85 Å². The van der Waals surface area contributed by atoms with Gasteiger partial charge in [-0.25, -0.2) is 0 Å². The van der Waals surface area contributed by atoms with Gasteiger partial charge in [0.15, 0.2) is 0 Å². The lowest BCUT2D eigenvalue weighted by molar-refractivity contribution is 0.240. The van der Waals surface area contributed by atoms with Gasteiger partial charge in [-0.15, -0.1) is 0 Å². The number of unbranched alkanes of at least 4 members (excludes halogenated alkanes) is 10. The van der Waals surface area contributed by atoms with Crippen LogP contribution in [-0.4, -0.2) is 15.2 Å². The van der Waals surface area contributed by atoms with Crippen molar-refractivity contribution in [2.24, 2.45) is 0 Å². The Labute approximate surface area is 157 Å². The molecule has 144 valence electrons. The summed E-state index contributed by atoms with van der Waals surface area (Å²) in [6.45, 7) is 9.48. The van der Waals surface area contributed by atoms with Crippen molar-refractivity contribution in [3.8, 4) is 5.75 Å². The van der Waals surface area contributed by atoms with Crippen LogP contribution in [0.5, 0.6) is 5.75 Å². The lowest BCUT2D eigenvalue weighted by atomic mass is 10.1. The van der Waals surface area contributed by atoms with Crippen LogP contribution < -0.4 is 4.43 Å². The quantitative estimate of drug-likeness (QED) is 0.238. The molecule has 1 aromatic rings. The second-order valence-corrected chi connectivity index (χ2v) is 10.9. The lowest BCUT2D eigenvalue weighted by Crippen LogP contribution is -2.38. The zero-order valence-electron chi connectivity index (χ0n) is 17.1. The summed E-state index contributed by atoms with van der Waals surface area (Å²) in [5.74, 6) is 0.970.